The van der Waals surface area contributed by atoms with Gasteiger partial charge >= 0.3 is 0 Å². The van der Waals surface area contributed by atoms with Crippen LogP contribution in [0.1, 0.15) is 34.0 Å². The summed E-state index contributed by atoms with van der Waals surface area (Å²) < 4.78 is 3.40. The van der Waals surface area contributed by atoms with Gasteiger partial charge in [-0.1, -0.05) is 29.8 Å². The van der Waals surface area contributed by atoms with Gasteiger partial charge < -0.3 is 9.47 Å². The van der Waals surface area contributed by atoms with Crippen LogP contribution >= 0.6 is 11.6 Å². The Balaban J connectivity index is 1.38. The summed E-state index contributed by atoms with van der Waals surface area (Å²) >= 11 is 6.02. The van der Waals surface area contributed by atoms with E-state index in [0.717, 1.165) is 23.1 Å². The molecule has 7 nitrogen and oxygen atoms in total. The van der Waals surface area contributed by atoms with Gasteiger partial charge in [0.05, 0.1) is 6.54 Å². The van der Waals surface area contributed by atoms with E-state index in [-0.39, 0.29) is 41.0 Å². The van der Waals surface area contributed by atoms with Crippen LogP contribution in [0.3, 0.4) is 0 Å². The van der Waals surface area contributed by atoms with Gasteiger partial charge in [-0.25, -0.2) is 4.98 Å². The van der Waals surface area contributed by atoms with Crippen LogP contribution in [-0.2, 0) is 13.1 Å². The molecule has 2 aliphatic heterocycles. The maximum Gasteiger partial charge on any atom is 0.265 e. The molecule has 2 unspecified atom stereocenters. The summed E-state index contributed by atoms with van der Waals surface area (Å²) in [4.78, 5) is 45.9. The standard InChI is InChI=1S/C27H23ClN4O3/c28-21-8-6-17(7-9-21)14-32-25-19(3-2-10-29-25)12-22(27(32)35)26(34)30-13-18-11-20(16-30)23-4-1-5-24(33)31(23)15-18/h1-10,12,18,20H,11,13-16H2. The van der Waals surface area contributed by atoms with E-state index in [4.69, 9.17) is 11.6 Å². The Kier molecular flexibility index (Phi) is 5.29. The first-order valence-corrected chi connectivity index (χ1v) is 12.1. The zero-order valence-electron chi connectivity index (χ0n) is 18.9. The van der Waals surface area contributed by atoms with Crippen LogP contribution in [0, 0.1) is 5.92 Å². The lowest BCUT2D eigenvalue weighted by molar-refractivity contribution is 0.0592. The fourth-order valence-electron chi connectivity index (χ4n) is 5.51. The van der Waals surface area contributed by atoms with E-state index >= 15 is 0 Å². The minimum atomic E-state index is -0.358. The molecule has 2 aliphatic rings. The SMILES string of the molecule is O=C(c1cc2cccnc2n(Cc2ccc(Cl)cc2)c1=O)N1CC2CC(C1)c1cccc(=O)n1C2. The smallest absolute Gasteiger partial charge is 0.265 e. The van der Waals surface area contributed by atoms with E-state index < -0.39 is 0 Å². The first-order chi connectivity index (χ1) is 17.0. The van der Waals surface area contributed by atoms with Gasteiger partial charge in [0.1, 0.15) is 11.2 Å². The number of pyridine rings is 3. The molecule has 6 rings (SSSR count). The predicted molar refractivity (Wildman–Crippen MR) is 134 cm³/mol. The highest BCUT2D eigenvalue weighted by molar-refractivity contribution is 6.30. The first-order valence-electron chi connectivity index (χ1n) is 11.7. The summed E-state index contributed by atoms with van der Waals surface area (Å²) in [7, 11) is 0. The number of fused-ring (bicyclic) bond motifs is 5. The lowest BCUT2D eigenvalue weighted by atomic mass is 9.83. The van der Waals surface area contributed by atoms with Crippen LogP contribution in [0.4, 0.5) is 0 Å². The molecule has 0 saturated carbocycles. The van der Waals surface area contributed by atoms with Crippen LogP contribution in [-0.4, -0.2) is 38.0 Å². The molecule has 3 aromatic heterocycles. The lowest BCUT2D eigenvalue weighted by Gasteiger charge is -2.42. The fraction of sp³-hybridized carbons (Fsp3) is 0.259. The van der Waals surface area contributed by atoms with Crippen molar-refractivity contribution in [2.75, 3.05) is 13.1 Å². The Morgan fingerprint density at radius 3 is 2.66 bits per heavy atom. The molecule has 0 spiro atoms. The highest BCUT2D eigenvalue weighted by Crippen LogP contribution is 2.35. The maximum absolute atomic E-state index is 13.7. The topological polar surface area (TPSA) is 77.2 Å². The number of rotatable bonds is 3. The van der Waals surface area contributed by atoms with Crippen molar-refractivity contribution in [3.05, 3.63) is 109 Å². The minimum absolute atomic E-state index is 0.00379. The highest BCUT2D eigenvalue weighted by atomic mass is 35.5. The second kappa shape index (κ2) is 8.50. The first kappa shape index (κ1) is 21.8. The van der Waals surface area contributed by atoms with E-state index in [1.807, 2.05) is 28.8 Å². The summed E-state index contributed by atoms with van der Waals surface area (Å²) in [6.45, 7) is 1.89. The van der Waals surface area contributed by atoms with Crippen molar-refractivity contribution >= 4 is 28.5 Å². The van der Waals surface area contributed by atoms with E-state index in [1.54, 1.807) is 52.1 Å². The zero-order valence-corrected chi connectivity index (χ0v) is 19.7. The minimum Gasteiger partial charge on any atom is -0.337 e. The Labute approximate surface area is 206 Å². The number of carbonyl (C=O) groups is 1. The molecule has 2 atom stereocenters. The van der Waals surface area contributed by atoms with E-state index in [1.165, 1.54) is 0 Å². The molecule has 0 N–H and O–H groups in total. The van der Waals surface area contributed by atoms with E-state index in [0.29, 0.717) is 30.3 Å². The van der Waals surface area contributed by atoms with Crippen molar-refractivity contribution < 1.29 is 4.79 Å². The molecular formula is C27H23ClN4O3. The third kappa shape index (κ3) is 3.86. The number of piperidine rings is 1. The normalized spacial score (nSPS) is 18.9. The number of hydrogen-bond donors (Lipinski definition) is 0. The van der Waals surface area contributed by atoms with E-state index in [2.05, 4.69) is 4.98 Å². The number of benzene rings is 1. The molecular weight excluding hydrogens is 464 g/mol. The molecule has 35 heavy (non-hydrogen) atoms. The average Bonchev–Trinajstić information content (AvgIpc) is 2.87. The molecule has 1 aromatic carbocycles. The van der Waals surface area contributed by atoms with Crippen molar-refractivity contribution in [2.45, 2.75) is 25.4 Å². The number of halogens is 1. The lowest BCUT2D eigenvalue weighted by Crippen LogP contribution is -2.50. The van der Waals surface area contributed by atoms with Gasteiger partial charge in [-0.3, -0.25) is 19.0 Å². The van der Waals surface area contributed by atoms with Crippen LogP contribution in [0.2, 0.25) is 5.02 Å². The predicted octanol–water partition coefficient (Wildman–Crippen LogP) is 3.52. The maximum atomic E-state index is 13.7. The number of likely N-dealkylation sites (tertiary alicyclic amines) is 1. The van der Waals surface area contributed by atoms with Crippen LogP contribution in [0.25, 0.3) is 11.0 Å². The van der Waals surface area contributed by atoms with Crippen LogP contribution in [0.15, 0.2) is 76.4 Å². The summed E-state index contributed by atoms with van der Waals surface area (Å²) in [6, 6.07) is 17.9. The van der Waals surface area contributed by atoms with Gasteiger partial charge in [-0.05, 0) is 54.3 Å². The molecule has 1 amide bonds. The van der Waals surface area contributed by atoms with Gasteiger partial charge in [-0.15, -0.1) is 0 Å². The third-order valence-electron chi connectivity index (χ3n) is 7.10. The van der Waals surface area contributed by atoms with Crippen molar-refractivity contribution in [3.63, 3.8) is 0 Å². The average molecular weight is 487 g/mol. The van der Waals surface area contributed by atoms with Crippen molar-refractivity contribution in [2.24, 2.45) is 5.92 Å². The number of hydrogen-bond acceptors (Lipinski definition) is 4. The molecule has 4 aromatic rings. The quantitative estimate of drug-likeness (QED) is 0.444. The van der Waals surface area contributed by atoms with Crippen molar-refractivity contribution in [1.29, 1.82) is 0 Å². The Morgan fingerprint density at radius 2 is 1.83 bits per heavy atom. The molecule has 0 aliphatic carbocycles. The van der Waals surface area contributed by atoms with Gasteiger partial charge in [-0.2, -0.15) is 0 Å². The van der Waals surface area contributed by atoms with Gasteiger partial charge in [0, 0.05) is 53.9 Å². The van der Waals surface area contributed by atoms with Gasteiger partial charge in [0.15, 0.2) is 0 Å². The van der Waals surface area contributed by atoms with Gasteiger partial charge in [0.2, 0.25) is 0 Å². The third-order valence-corrected chi connectivity index (χ3v) is 7.35. The molecule has 5 heterocycles. The Bertz CT molecular complexity index is 1570. The summed E-state index contributed by atoms with van der Waals surface area (Å²) in [5, 5.41) is 1.35. The largest absolute Gasteiger partial charge is 0.337 e. The Hall–Kier alpha value is -3.71. The summed E-state index contributed by atoms with van der Waals surface area (Å²) in [5.41, 5.74) is 2.18. The molecule has 176 valence electrons. The monoisotopic (exact) mass is 486 g/mol. The fourth-order valence-corrected chi connectivity index (χ4v) is 5.64. The number of aromatic nitrogens is 3. The molecule has 2 bridgehead atoms. The number of nitrogens with zero attached hydrogens (tertiary/aromatic N) is 4. The molecule has 1 fully saturated rings. The number of amides is 1. The zero-order chi connectivity index (χ0) is 24.1. The van der Waals surface area contributed by atoms with E-state index in [9.17, 15) is 14.4 Å². The molecule has 0 radical (unpaired) electrons. The summed E-state index contributed by atoms with van der Waals surface area (Å²) in [5.74, 6) is -0.00508. The second-order valence-corrected chi connectivity index (χ2v) is 9.84. The van der Waals surface area contributed by atoms with Crippen molar-refractivity contribution in [3.8, 4) is 0 Å². The van der Waals surface area contributed by atoms with Crippen molar-refractivity contribution in [1.82, 2.24) is 19.0 Å². The van der Waals surface area contributed by atoms with Crippen LogP contribution < -0.4 is 11.1 Å². The molecule has 1 saturated heterocycles. The van der Waals surface area contributed by atoms with Gasteiger partial charge in [0.25, 0.3) is 17.0 Å². The highest BCUT2D eigenvalue weighted by Gasteiger charge is 2.37. The van der Waals surface area contributed by atoms with Crippen LogP contribution in [0.5, 0.6) is 0 Å². The number of carbonyl (C=O) groups excluding carboxylic acids is 1. The second-order valence-electron chi connectivity index (χ2n) is 9.40. The molecule has 8 heteroatoms. The summed E-state index contributed by atoms with van der Waals surface area (Å²) in [6.07, 6.45) is 2.59. The Morgan fingerprint density at radius 1 is 1.00 bits per heavy atom.